The van der Waals surface area contributed by atoms with Crippen molar-refractivity contribution >= 4 is 29.9 Å². The van der Waals surface area contributed by atoms with Gasteiger partial charge in [0.15, 0.2) is 5.96 Å². The van der Waals surface area contributed by atoms with Crippen LogP contribution in [0.5, 0.6) is 0 Å². The SMILES string of the molecule is CCNC(=NCC(C)(C)C)NC1CC1C.I. The molecule has 0 heterocycles. The van der Waals surface area contributed by atoms with Crippen LogP contribution in [-0.4, -0.2) is 25.1 Å². The first kappa shape index (κ1) is 16.0. The van der Waals surface area contributed by atoms with E-state index in [1.807, 2.05) is 0 Å². The van der Waals surface area contributed by atoms with Crippen LogP contribution >= 0.6 is 24.0 Å². The van der Waals surface area contributed by atoms with Gasteiger partial charge in [0.25, 0.3) is 0 Å². The largest absolute Gasteiger partial charge is 0.357 e. The molecule has 0 aromatic rings. The highest BCUT2D eigenvalue weighted by Crippen LogP contribution is 2.28. The fourth-order valence-corrected chi connectivity index (χ4v) is 1.34. The number of halogens is 1. The molecule has 1 aliphatic carbocycles. The van der Waals surface area contributed by atoms with Crippen LogP contribution < -0.4 is 10.6 Å². The number of aliphatic imine (C=N–C) groups is 1. The Morgan fingerprint density at radius 1 is 1.38 bits per heavy atom. The minimum absolute atomic E-state index is 0. The molecule has 96 valence electrons. The molecule has 0 radical (unpaired) electrons. The molecule has 0 saturated heterocycles. The summed E-state index contributed by atoms with van der Waals surface area (Å²) in [5, 5.41) is 6.74. The first-order chi connectivity index (χ1) is 6.92. The van der Waals surface area contributed by atoms with Gasteiger partial charge in [0.05, 0.1) is 0 Å². The summed E-state index contributed by atoms with van der Waals surface area (Å²) in [6.45, 7) is 12.8. The second-order valence-corrected chi connectivity index (χ2v) is 5.72. The van der Waals surface area contributed by atoms with E-state index < -0.39 is 0 Å². The van der Waals surface area contributed by atoms with Gasteiger partial charge in [-0.2, -0.15) is 0 Å². The molecule has 0 amide bonds. The van der Waals surface area contributed by atoms with Crippen LogP contribution in [0.25, 0.3) is 0 Å². The minimum atomic E-state index is 0. The van der Waals surface area contributed by atoms with E-state index in [0.29, 0.717) is 6.04 Å². The number of guanidine groups is 1. The van der Waals surface area contributed by atoms with Gasteiger partial charge in [-0.15, -0.1) is 24.0 Å². The van der Waals surface area contributed by atoms with Crippen molar-refractivity contribution < 1.29 is 0 Å². The van der Waals surface area contributed by atoms with Gasteiger partial charge >= 0.3 is 0 Å². The zero-order valence-electron chi connectivity index (χ0n) is 11.1. The normalized spacial score (nSPS) is 24.7. The lowest BCUT2D eigenvalue weighted by Crippen LogP contribution is -2.39. The first-order valence-electron chi connectivity index (χ1n) is 5.97. The van der Waals surface area contributed by atoms with Gasteiger partial charge in [-0.25, -0.2) is 0 Å². The van der Waals surface area contributed by atoms with Gasteiger partial charge in [-0.05, 0) is 24.7 Å². The monoisotopic (exact) mass is 339 g/mol. The van der Waals surface area contributed by atoms with Crippen LogP contribution in [0.2, 0.25) is 0 Å². The van der Waals surface area contributed by atoms with Crippen LogP contribution in [0.3, 0.4) is 0 Å². The van der Waals surface area contributed by atoms with E-state index in [1.54, 1.807) is 0 Å². The zero-order valence-corrected chi connectivity index (χ0v) is 13.5. The lowest BCUT2D eigenvalue weighted by Gasteiger charge is -2.17. The Hall–Kier alpha value is 0. The summed E-state index contributed by atoms with van der Waals surface area (Å²) in [6.07, 6.45) is 1.28. The predicted octanol–water partition coefficient (Wildman–Crippen LogP) is 2.61. The zero-order chi connectivity index (χ0) is 11.5. The highest BCUT2D eigenvalue weighted by atomic mass is 127. The summed E-state index contributed by atoms with van der Waals surface area (Å²) < 4.78 is 0. The van der Waals surface area contributed by atoms with E-state index in [2.05, 4.69) is 50.2 Å². The molecule has 0 aromatic heterocycles. The van der Waals surface area contributed by atoms with Crippen molar-refractivity contribution in [2.45, 2.75) is 47.1 Å². The third-order valence-electron chi connectivity index (χ3n) is 2.49. The molecular weight excluding hydrogens is 313 g/mol. The third-order valence-corrected chi connectivity index (χ3v) is 2.49. The Balaban J connectivity index is 0.00000225. The molecule has 16 heavy (non-hydrogen) atoms. The van der Waals surface area contributed by atoms with Gasteiger partial charge in [0.2, 0.25) is 0 Å². The maximum atomic E-state index is 4.59. The molecule has 1 fully saturated rings. The molecule has 1 saturated carbocycles. The van der Waals surface area contributed by atoms with E-state index in [-0.39, 0.29) is 29.4 Å². The second-order valence-electron chi connectivity index (χ2n) is 5.72. The quantitative estimate of drug-likeness (QED) is 0.471. The summed E-state index contributed by atoms with van der Waals surface area (Å²) in [5.41, 5.74) is 0.261. The maximum absolute atomic E-state index is 4.59. The maximum Gasteiger partial charge on any atom is 0.191 e. The molecular formula is C12H26IN3. The number of rotatable bonds is 3. The molecule has 0 aliphatic heterocycles. The van der Waals surface area contributed by atoms with E-state index >= 15 is 0 Å². The molecule has 0 aromatic carbocycles. The molecule has 2 unspecified atom stereocenters. The highest BCUT2D eigenvalue weighted by molar-refractivity contribution is 14.0. The van der Waals surface area contributed by atoms with Gasteiger partial charge in [-0.3, -0.25) is 4.99 Å². The van der Waals surface area contributed by atoms with E-state index in [0.717, 1.165) is 25.0 Å². The van der Waals surface area contributed by atoms with E-state index in [1.165, 1.54) is 6.42 Å². The van der Waals surface area contributed by atoms with Crippen LogP contribution in [0, 0.1) is 11.3 Å². The average Bonchev–Trinajstić information content (AvgIpc) is 2.77. The Labute approximate surface area is 117 Å². The molecule has 2 N–H and O–H groups in total. The fraction of sp³-hybridized carbons (Fsp3) is 0.917. The Bertz CT molecular complexity index is 233. The summed E-state index contributed by atoms with van der Waals surface area (Å²) in [4.78, 5) is 4.59. The molecule has 3 nitrogen and oxygen atoms in total. The van der Waals surface area contributed by atoms with Crippen molar-refractivity contribution in [2.75, 3.05) is 13.1 Å². The van der Waals surface area contributed by atoms with Crippen molar-refractivity contribution in [2.24, 2.45) is 16.3 Å². The van der Waals surface area contributed by atoms with Gasteiger partial charge in [0, 0.05) is 19.1 Å². The van der Waals surface area contributed by atoms with Crippen molar-refractivity contribution in [3.63, 3.8) is 0 Å². The lowest BCUT2D eigenvalue weighted by molar-refractivity contribution is 0.428. The van der Waals surface area contributed by atoms with E-state index in [4.69, 9.17) is 0 Å². The average molecular weight is 339 g/mol. The van der Waals surface area contributed by atoms with Crippen LogP contribution in [0.15, 0.2) is 4.99 Å². The number of nitrogens with one attached hydrogen (secondary N) is 2. The predicted molar refractivity (Wildman–Crippen MR) is 81.6 cm³/mol. The standard InChI is InChI=1S/C12H25N3.HI/c1-6-13-11(14-8-12(3,4)5)15-10-7-9(10)2;/h9-10H,6-8H2,1-5H3,(H2,13,14,15);1H. The van der Waals surface area contributed by atoms with Crippen molar-refractivity contribution in [1.82, 2.24) is 10.6 Å². The molecule has 4 heteroatoms. The van der Waals surface area contributed by atoms with Crippen LogP contribution in [-0.2, 0) is 0 Å². The lowest BCUT2D eigenvalue weighted by atomic mass is 9.97. The summed E-state index contributed by atoms with van der Waals surface area (Å²) in [7, 11) is 0. The molecule has 0 bridgehead atoms. The van der Waals surface area contributed by atoms with Gasteiger partial charge < -0.3 is 10.6 Å². The topological polar surface area (TPSA) is 36.4 Å². The van der Waals surface area contributed by atoms with Crippen LogP contribution in [0.1, 0.15) is 41.0 Å². The van der Waals surface area contributed by atoms with Gasteiger partial charge in [0.1, 0.15) is 0 Å². The number of hydrogen-bond acceptors (Lipinski definition) is 1. The third kappa shape index (κ3) is 6.55. The van der Waals surface area contributed by atoms with Crippen molar-refractivity contribution in [3.05, 3.63) is 0 Å². The first-order valence-corrected chi connectivity index (χ1v) is 5.97. The van der Waals surface area contributed by atoms with Crippen molar-refractivity contribution in [3.8, 4) is 0 Å². The van der Waals surface area contributed by atoms with Gasteiger partial charge in [-0.1, -0.05) is 27.7 Å². The smallest absolute Gasteiger partial charge is 0.191 e. The highest BCUT2D eigenvalue weighted by Gasteiger charge is 2.33. The molecule has 2 atom stereocenters. The summed E-state index contributed by atoms with van der Waals surface area (Å²) in [5.74, 6) is 1.78. The molecule has 1 rings (SSSR count). The van der Waals surface area contributed by atoms with Crippen molar-refractivity contribution in [1.29, 1.82) is 0 Å². The number of hydrogen-bond donors (Lipinski definition) is 2. The Morgan fingerprint density at radius 3 is 2.31 bits per heavy atom. The number of nitrogens with zero attached hydrogens (tertiary/aromatic N) is 1. The van der Waals surface area contributed by atoms with Crippen LogP contribution in [0.4, 0.5) is 0 Å². The Morgan fingerprint density at radius 2 is 1.94 bits per heavy atom. The minimum Gasteiger partial charge on any atom is -0.357 e. The van der Waals surface area contributed by atoms with E-state index in [9.17, 15) is 0 Å². The molecule has 1 aliphatic rings. The summed E-state index contributed by atoms with van der Waals surface area (Å²) >= 11 is 0. The molecule has 0 spiro atoms. The summed E-state index contributed by atoms with van der Waals surface area (Å²) in [6, 6.07) is 0.641. The second kappa shape index (κ2) is 6.67. The fourth-order valence-electron chi connectivity index (χ4n) is 1.34. The Kier molecular flexibility index (Phi) is 6.67.